The second-order valence-corrected chi connectivity index (χ2v) is 8.03. The van der Waals surface area contributed by atoms with Crippen LogP contribution in [0.2, 0.25) is 0 Å². The van der Waals surface area contributed by atoms with E-state index in [0.717, 1.165) is 17.1 Å². The second-order valence-electron chi connectivity index (χ2n) is 8.03. The van der Waals surface area contributed by atoms with Gasteiger partial charge < -0.3 is 10.2 Å². The summed E-state index contributed by atoms with van der Waals surface area (Å²) in [5, 5.41) is 3.62. The minimum atomic E-state index is -0.0772. The number of hydrogen-bond donors (Lipinski definition) is 1. The molecule has 4 aromatic rings. The van der Waals surface area contributed by atoms with Crippen LogP contribution in [0.3, 0.4) is 0 Å². The Labute approximate surface area is 172 Å². The minimum Gasteiger partial charge on any atom is -0.355 e. The molecule has 0 unspecified atom stereocenters. The fourth-order valence-corrected chi connectivity index (χ4v) is 4.33. The molecule has 0 aliphatic carbocycles. The van der Waals surface area contributed by atoms with Gasteiger partial charge in [-0.15, -0.1) is 0 Å². The number of fused-ring (bicyclic) bond motifs is 2. The molecular formula is C27H24N2. The standard InChI is InChI=1S/C27H24N2/c1-27(2)23-15-9-10-16-25(23)28-26-18-17-22(19-24(26)27)29(20-11-5-3-6-12-20)21-13-7-4-8-14-21/h3-19,28H,1-2H3. The first kappa shape index (κ1) is 17.6. The molecule has 2 heteroatoms. The van der Waals surface area contributed by atoms with Gasteiger partial charge in [0, 0.05) is 33.9 Å². The zero-order valence-corrected chi connectivity index (χ0v) is 16.8. The third kappa shape index (κ3) is 2.98. The molecule has 0 bridgehead atoms. The van der Waals surface area contributed by atoms with E-state index in [4.69, 9.17) is 0 Å². The monoisotopic (exact) mass is 376 g/mol. The van der Waals surface area contributed by atoms with E-state index >= 15 is 0 Å². The summed E-state index contributed by atoms with van der Waals surface area (Å²) in [7, 11) is 0. The molecule has 142 valence electrons. The lowest BCUT2D eigenvalue weighted by molar-refractivity contribution is 0.638. The molecule has 1 aliphatic heterocycles. The molecule has 0 radical (unpaired) electrons. The number of benzene rings is 4. The van der Waals surface area contributed by atoms with Crippen LogP contribution in [-0.2, 0) is 5.41 Å². The van der Waals surface area contributed by atoms with E-state index in [1.54, 1.807) is 0 Å². The molecule has 4 aromatic carbocycles. The molecule has 0 fully saturated rings. The molecule has 1 heterocycles. The number of rotatable bonds is 3. The van der Waals surface area contributed by atoms with E-state index in [2.05, 4.69) is 127 Å². The number of hydrogen-bond acceptors (Lipinski definition) is 2. The number of anilines is 5. The van der Waals surface area contributed by atoms with E-state index in [1.165, 1.54) is 22.5 Å². The van der Waals surface area contributed by atoms with Crippen molar-refractivity contribution < 1.29 is 0 Å². The molecule has 0 amide bonds. The summed E-state index contributed by atoms with van der Waals surface area (Å²) in [6, 6.07) is 36.5. The Bertz CT molecular complexity index is 1110. The van der Waals surface area contributed by atoms with Gasteiger partial charge in [0.1, 0.15) is 0 Å². The first-order chi connectivity index (χ1) is 14.1. The molecule has 1 N–H and O–H groups in total. The van der Waals surface area contributed by atoms with Crippen LogP contribution in [0.1, 0.15) is 25.0 Å². The zero-order valence-electron chi connectivity index (χ0n) is 16.8. The van der Waals surface area contributed by atoms with Gasteiger partial charge in [0.05, 0.1) is 0 Å². The summed E-state index contributed by atoms with van der Waals surface area (Å²) in [6.45, 7) is 4.62. The SMILES string of the molecule is CC1(C)c2ccccc2Nc2ccc(N(c3ccccc3)c3ccccc3)cc21. The molecular weight excluding hydrogens is 352 g/mol. The lowest BCUT2D eigenvalue weighted by Gasteiger charge is -2.37. The summed E-state index contributed by atoms with van der Waals surface area (Å²) >= 11 is 0. The fraction of sp³-hybridized carbons (Fsp3) is 0.111. The third-order valence-corrected chi connectivity index (χ3v) is 5.83. The highest BCUT2D eigenvalue weighted by Gasteiger charge is 2.33. The normalized spacial score (nSPS) is 13.7. The van der Waals surface area contributed by atoms with Crippen LogP contribution in [0.4, 0.5) is 28.4 Å². The predicted octanol–water partition coefficient (Wildman–Crippen LogP) is 7.54. The van der Waals surface area contributed by atoms with Gasteiger partial charge in [0.15, 0.2) is 0 Å². The number of para-hydroxylation sites is 3. The van der Waals surface area contributed by atoms with Crippen molar-refractivity contribution in [2.45, 2.75) is 19.3 Å². The highest BCUT2D eigenvalue weighted by Crippen LogP contribution is 2.47. The first-order valence-corrected chi connectivity index (χ1v) is 10.1. The highest BCUT2D eigenvalue weighted by atomic mass is 15.1. The maximum Gasteiger partial charge on any atom is 0.0466 e. The Morgan fingerprint density at radius 3 is 1.76 bits per heavy atom. The van der Waals surface area contributed by atoms with E-state index in [-0.39, 0.29) is 5.41 Å². The van der Waals surface area contributed by atoms with Crippen molar-refractivity contribution in [3.05, 3.63) is 114 Å². The predicted molar refractivity (Wildman–Crippen MR) is 123 cm³/mol. The molecule has 0 atom stereocenters. The highest BCUT2D eigenvalue weighted by molar-refractivity contribution is 5.82. The van der Waals surface area contributed by atoms with Crippen molar-refractivity contribution in [2.24, 2.45) is 0 Å². The number of nitrogens with zero attached hydrogens (tertiary/aromatic N) is 1. The fourth-order valence-electron chi connectivity index (χ4n) is 4.33. The third-order valence-electron chi connectivity index (χ3n) is 5.83. The second kappa shape index (κ2) is 6.82. The van der Waals surface area contributed by atoms with Gasteiger partial charge >= 0.3 is 0 Å². The summed E-state index contributed by atoms with van der Waals surface area (Å²) in [5.41, 5.74) is 8.41. The Balaban J connectivity index is 1.67. The van der Waals surface area contributed by atoms with Crippen molar-refractivity contribution in [3.8, 4) is 0 Å². The average molecular weight is 377 g/mol. The molecule has 0 aromatic heterocycles. The van der Waals surface area contributed by atoms with Crippen LogP contribution in [0.25, 0.3) is 0 Å². The van der Waals surface area contributed by atoms with Crippen molar-refractivity contribution in [1.29, 1.82) is 0 Å². The van der Waals surface area contributed by atoms with E-state index < -0.39 is 0 Å². The topological polar surface area (TPSA) is 15.3 Å². The minimum absolute atomic E-state index is 0.0772. The van der Waals surface area contributed by atoms with Gasteiger partial charge in [-0.3, -0.25) is 0 Å². The molecule has 1 aliphatic rings. The lowest BCUT2D eigenvalue weighted by atomic mass is 9.74. The largest absolute Gasteiger partial charge is 0.355 e. The van der Waals surface area contributed by atoms with Crippen LogP contribution in [0.5, 0.6) is 0 Å². The van der Waals surface area contributed by atoms with Crippen LogP contribution >= 0.6 is 0 Å². The van der Waals surface area contributed by atoms with Crippen molar-refractivity contribution in [3.63, 3.8) is 0 Å². The van der Waals surface area contributed by atoms with Gasteiger partial charge in [0.25, 0.3) is 0 Å². The van der Waals surface area contributed by atoms with Crippen molar-refractivity contribution >= 4 is 28.4 Å². The Morgan fingerprint density at radius 2 is 1.10 bits per heavy atom. The summed E-state index contributed by atoms with van der Waals surface area (Å²) in [5.74, 6) is 0. The average Bonchev–Trinajstić information content (AvgIpc) is 2.76. The van der Waals surface area contributed by atoms with E-state index in [9.17, 15) is 0 Å². The lowest BCUT2D eigenvalue weighted by Crippen LogP contribution is -2.26. The summed E-state index contributed by atoms with van der Waals surface area (Å²) < 4.78 is 0. The smallest absolute Gasteiger partial charge is 0.0466 e. The summed E-state index contributed by atoms with van der Waals surface area (Å²) in [4.78, 5) is 2.32. The quantitative estimate of drug-likeness (QED) is 0.397. The molecule has 5 rings (SSSR count). The molecule has 0 saturated heterocycles. The van der Waals surface area contributed by atoms with Gasteiger partial charge in [-0.1, -0.05) is 68.4 Å². The maximum absolute atomic E-state index is 3.62. The zero-order chi connectivity index (χ0) is 19.8. The van der Waals surface area contributed by atoms with Crippen molar-refractivity contribution in [2.75, 3.05) is 10.2 Å². The van der Waals surface area contributed by atoms with Gasteiger partial charge in [-0.05, 0) is 59.7 Å². The van der Waals surface area contributed by atoms with E-state index in [1.807, 2.05) is 0 Å². The first-order valence-electron chi connectivity index (χ1n) is 10.1. The van der Waals surface area contributed by atoms with Crippen LogP contribution < -0.4 is 10.2 Å². The van der Waals surface area contributed by atoms with Crippen LogP contribution in [0.15, 0.2) is 103 Å². The molecule has 2 nitrogen and oxygen atoms in total. The van der Waals surface area contributed by atoms with Crippen LogP contribution in [0, 0.1) is 0 Å². The Hall–Kier alpha value is -3.52. The van der Waals surface area contributed by atoms with Crippen molar-refractivity contribution in [1.82, 2.24) is 0 Å². The molecule has 29 heavy (non-hydrogen) atoms. The molecule has 0 spiro atoms. The summed E-state index contributed by atoms with van der Waals surface area (Å²) in [6.07, 6.45) is 0. The Morgan fingerprint density at radius 1 is 0.552 bits per heavy atom. The number of nitrogens with one attached hydrogen (secondary N) is 1. The van der Waals surface area contributed by atoms with Gasteiger partial charge in [-0.2, -0.15) is 0 Å². The molecule has 0 saturated carbocycles. The van der Waals surface area contributed by atoms with Crippen LogP contribution in [-0.4, -0.2) is 0 Å². The Kier molecular flexibility index (Phi) is 4.13. The van der Waals surface area contributed by atoms with Gasteiger partial charge in [0.2, 0.25) is 0 Å². The van der Waals surface area contributed by atoms with E-state index in [0.29, 0.717) is 0 Å². The maximum atomic E-state index is 3.62. The van der Waals surface area contributed by atoms with Gasteiger partial charge in [-0.25, -0.2) is 0 Å².